The monoisotopic (exact) mass is 329 g/mol. The van der Waals surface area contributed by atoms with Gasteiger partial charge in [0.15, 0.2) is 0 Å². The number of amides is 1. The van der Waals surface area contributed by atoms with Crippen LogP contribution in [0.15, 0.2) is 24.3 Å². The van der Waals surface area contributed by atoms with E-state index in [0.717, 1.165) is 0 Å². The van der Waals surface area contributed by atoms with Crippen LogP contribution in [0, 0.1) is 5.92 Å². The van der Waals surface area contributed by atoms with Gasteiger partial charge in [0.1, 0.15) is 6.04 Å². The average molecular weight is 330 g/mol. The first-order valence-electron chi connectivity index (χ1n) is 6.51. The lowest BCUT2D eigenvalue weighted by Crippen LogP contribution is -2.44. The van der Waals surface area contributed by atoms with Crippen LogP contribution >= 0.6 is 23.2 Å². The van der Waals surface area contributed by atoms with Gasteiger partial charge in [0.25, 0.3) is 0 Å². The SMILES string of the molecule is CCC(C)C(NC(=O)/C=C/c1ccc(Cl)c(Cl)c1)C(=O)O. The van der Waals surface area contributed by atoms with Gasteiger partial charge in [0, 0.05) is 6.08 Å². The molecule has 21 heavy (non-hydrogen) atoms. The Morgan fingerprint density at radius 1 is 1.33 bits per heavy atom. The van der Waals surface area contributed by atoms with Crippen molar-refractivity contribution < 1.29 is 14.7 Å². The number of aliphatic carboxylic acids is 1. The van der Waals surface area contributed by atoms with E-state index in [0.29, 0.717) is 22.0 Å². The van der Waals surface area contributed by atoms with E-state index in [1.165, 1.54) is 6.08 Å². The van der Waals surface area contributed by atoms with Crippen LogP contribution in [0.25, 0.3) is 6.08 Å². The Labute approximate surface area is 133 Å². The largest absolute Gasteiger partial charge is 0.480 e. The zero-order valence-electron chi connectivity index (χ0n) is 11.8. The molecule has 1 amide bonds. The van der Waals surface area contributed by atoms with Crippen molar-refractivity contribution >= 4 is 41.2 Å². The van der Waals surface area contributed by atoms with Gasteiger partial charge in [-0.25, -0.2) is 4.79 Å². The fourth-order valence-corrected chi connectivity index (χ4v) is 1.98. The highest BCUT2D eigenvalue weighted by Gasteiger charge is 2.24. The predicted octanol–water partition coefficient (Wildman–Crippen LogP) is 3.62. The number of carboxylic acids is 1. The lowest BCUT2D eigenvalue weighted by atomic mass is 9.99. The molecule has 1 rings (SSSR count). The highest BCUT2D eigenvalue weighted by atomic mass is 35.5. The molecule has 114 valence electrons. The Morgan fingerprint density at radius 2 is 2.00 bits per heavy atom. The maximum absolute atomic E-state index is 11.8. The minimum Gasteiger partial charge on any atom is -0.480 e. The second kappa shape index (κ2) is 8.05. The van der Waals surface area contributed by atoms with Gasteiger partial charge < -0.3 is 10.4 Å². The Morgan fingerprint density at radius 3 is 2.52 bits per heavy atom. The van der Waals surface area contributed by atoms with Crippen LogP contribution in [0.4, 0.5) is 0 Å². The average Bonchev–Trinajstić information content (AvgIpc) is 2.44. The van der Waals surface area contributed by atoms with E-state index in [-0.39, 0.29) is 5.92 Å². The molecular weight excluding hydrogens is 313 g/mol. The van der Waals surface area contributed by atoms with E-state index in [9.17, 15) is 9.59 Å². The number of hydrogen-bond donors (Lipinski definition) is 2. The smallest absolute Gasteiger partial charge is 0.326 e. The molecule has 4 nitrogen and oxygen atoms in total. The molecule has 2 N–H and O–H groups in total. The number of hydrogen-bond acceptors (Lipinski definition) is 2. The maximum atomic E-state index is 11.8. The number of nitrogens with one attached hydrogen (secondary N) is 1. The zero-order valence-corrected chi connectivity index (χ0v) is 13.3. The molecule has 0 bridgehead atoms. The van der Waals surface area contributed by atoms with Crippen LogP contribution in [-0.2, 0) is 9.59 Å². The van der Waals surface area contributed by atoms with Crippen LogP contribution in [0.2, 0.25) is 10.0 Å². The van der Waals surface area contributed by atoms with E-state index >= 15 is 0 Å². The standard InChI is InChI=1S/C15H17Cl2NO3/c1-3-9(2)14(15(20)21)18-13(19)7-5-10-4-6-11(16)12(17)8-10/h4-9,14H,3H2,1-2H3,(H,18,19)(H,20,21)/b7-5+. The quantitative estimate of drug-likeness (QED) is 0.783. The fourth-order valence-electron chi connectivity index (χ4n) is 1.67. The van der Waals surface area contributed by atoms with Crippen LogP contribution in [-0.4, -0.2) is 23.0 Å². The summed E-state index contributed by atoms with van der Waals surface area (Å²) in [4.78, 5) is 22.9. The second-order valence-corrected chi connectivity index (χ2v) is 5.53. The summed E-state index contributed by atoms with van der Waals surface area (Å²) >= 11 is 11.7. The Bertz CT molecular complexity index is 558. The summed E-state index contributed by atoms with van der Waals surface area (Å²) in [5, 5.41) is 12.4. The summed E-state index contributed by atoms with van der Waals surface area (Å²) in [6.07, 6.45) is 3.48. The molecule has 0 aliphatic carbocycles. The molecule has 2 unspecified atom stereocenters. The molecule has 0 heterocycles. The minimum absolute atomic E-state index is 0.148. The number of carbonyl (C=O) groups excluding carboxylic acids is 1. The molecule has 1 aromatic carbocycles. The molecule has 1 aromatic rings. The molecule has 0 aliphatic rings. The number of halogens is 2. The van der Waals surface area contributed by atoms with Crippen molar-refractivity contribution in [2.45, 2.75) is 26.3 Å². The van der Waals surface area contributed by atoms with Gasteiger partial charge in [-0.3, -0.25) is 4.79 Å². The summed E-state index contributed by atoms with van der Waals surface area (Å²) in [5.41, 5.74) is 0.704. The van der Waals surface area contributed by atoms with Gasteiger partial charge in [-0.2, -0.15) is 0 Å². The summed E-state index contributed by atoms with van der Waals surface area (Å²) in [7, 11) is 0. The van der Waals surface area contributed by atoms with Gasteiger partial charge in [-0.1, -0.05) is 49.5 Å². The Kier molecular flexibility index (Phi) is 6.72. The Balaban J connectivity index is 2.73. The third-order valence-electron chi connectivity index (χ3n) is 3.15. The molecule has 0 aromatic heterocycles. The third-order valence-corrected chi connectivity index (χ3v) is 3.89. The summed E-state index contributed by atoms with van der Waals surface area (Å²) in [6, 6.07) is 4.06. The maximum Gasteiger partial charge on any atom is 0.326 e. The summed E-state index contributed by atoms with van der Waals surface area (Å²) < 4.78 is 0. The van der Waals surface area contributed by atoms with E-state index in [4.69, 9.17) is 28.3 Å². The van der Waals surface area contributed by atoms with E-state index < -0.39 is 17.9 Å². The van der Waals surface area contributed by atoms with Crippen LogP contribution in [0.3, 0.4) is 0 Å². The van der Waals surface area contributed by atoms with Crippen molar-refractivity contribution in [3.05, 3.63) is 39.9 Å². The topological polar surface area (TPSA) is 66.4 Å². The van der Waals surface area contributed by atoms with Gasteiger partial charge >= 0.3 is 5.97 Å². The fraction of sp³-hybridized carbons (Fsp3) is 0.333. The lowest BCUT2D eigenvalue weighted by molar-refractivity contribution is -0.142. The second-order valence-electron chi connectivity index (χ2n) is 4.72. The number of carboxylic acid groups (broad SMARTS) is 1. The van der Waals surface area contributed by atoms with Crippen molar-refractivity contribution in [2.75, 3.05) is 0 Å². The molecular formula is C15H17Cl2NO3. The van der Waals surface area contributed by atoms with Crippen molar-refractivity contribution in [1.82, 2.24) is 5.32 Å². The normalized spacial score (nSPS) is 13.9. The predicted molar refractivity (Wildman–Crippen MR) is 84.5 cm³/mol. The molecule has 0 fully saturated rings. The highest BCUT2D eigenvalue weighted by molar-refractivity contribution is 6.42. The van der Waals surface area contributed by atoms with Crippen molar-refractivity contribution in [1.29, 1.82) is 0 Å². The van der Waals surface area contributed by atoms with Crippen molar-refractivity contribution in [3.8, 4) is 0 Å². The first-order chi connectivity index (χ1) is 9.85. The van der Waals surface area contributed by atoms with Crippen LogP contribution < -0.4 is 5.32 Å². The summed E-state index contributed by atoms with van der Waals surface area (Å²) in [5.74, 6) is -1.65. The molecule has 2 atom stereocenters. The third kappa shape index (κ3) is 5.40. The zero-order chi connectivity index (χ0) is 16.0. The lowest BCUT2D eigenvalue weighted by Gasteiger charge is -2.19. The molecule has 0 saturated heterocycles. The first-order valence-corrected chi connectivity index (χ1v) is 7.27. The molecule has 0 radical (unpaired) electrons. The number of carbonyl (C=O) groups is 2. The Hall–Kier alpha value is -1.52. The van der Waals surface area contributed by atoms with Crippen molar-refractivity contribution in [2.24, 2.45) is 5.92 Å². The van der Waals surface area contributed by atoms with E-state index in [1.54, 1.807) is 31.2 Å². The van der Waals surface area contributed by atoms with Crippen LogP contribution in [0.1, 0.15) is 25.8 Å². The molecule has 6 heteroatoms. The number of benzene rings is 1. The van der Waals surface area contributed by atoms with Crippen molar-refractivity contribution in [3.63, 3.8) is 0 Å². The van der Waals surface area contributed by atoms with Gasteiger partial charge in [0.2, 0.25) is 5.91 Å². The summed E-state index contributed by atoms with van der Waals surface area (Å²) in [6.45, 7) is 3.65. The van der Waals surface area contributed by atoms with Crippen LogP contribution in [0.5, 0.6) is 0 Å². The highest BCUT2D eigenvalue weighted by Crippen LogP contribution is 2.23. The first kappa shape index (κ1) is 17.5. The van der Waals surface area contributed by atoms with E-state index in [2.05, 4.69) is 5.32 Å². The van der Waals surface area contributed by atoms with Gasteiger partial charge in [-0.05, 0) is 29.7 Å². The number of rotatable bonds is 6. The minimum atomic E-state index is -1.04. The van der Waals surface area contributed by atoms with Gasteiger partial charge in [-0.15, -0.1) is 0 Å². The van der Waals surface area contributed by atoms with Gasteiger partial charge in [0.05, 0.1) is 10.0 Å². The van der Waals surface area contributed by atoms with E-state index in [1.807, 2.05) is 6.92 Å². The molecule has 0 saturated carbocycles. The molecule has 0 spiro atoms. The molecule has 0 aliphatic heterocycles.